The zero-order valence-electron chi connectivity index (χ0n) is 14.1. The van der Waals surface area contributed by atoms with Crippen LogP contribution in [0.3, 0.4) is 0 Å². The predicted octanol–water partition coefficient (Wildman–Crippen LogP) is 0.329. The molecule has 0 spiro atoms. The smallest absolute Gasteiger partial charge is 0.222 e. The van der Waals surface area contributed by atoms with Gasteiger partial charge in [0, 0.05) is 25.6 Å². The minimum Gasteiger partial charge on any atom is -0.379 e. The fraction of sp³-hybridized carbons (Fsp3) is 0.933. The molecule has 0 radical (unpaired) electrons. The highest BCUT2D eigenvalue weighted by molar-refractivity contribution is 5.77. The van der Waals surface area contributed by atoms with Crippen LogP contribution in [-0.4, -0.2) is 71.2 Å². The van der Waals surface area contributed by atoms with Gasteiger partial charge in [0.05, 0.1) is 33.0 Å². The summed E-state index contributed by atoms with van der Waals surface area (Å²) in [7, 11) is 0. The first kappa shape index (κ1) is 21.2. The second-order valence-corrected chi connectivity index (χ2v) is 5.29. The summed E-state index contributed by atoms with van der Waals surface area (Å²) < 4.78 is 24.0. The average molecular weight is 321 g/mol. The lowest BCUT2D eigenvalue weighted by atomic mass is 10.2. The first-order chi connectivity index (χ1) is 10.6. The first-order valence-electron chi connectivity index (χ1n) is 8.06. The minimum absolute atomic E-state index is 0.000752. The number of carbonyl (C=O) groups is 1. The van der Waals surface area contributed by atoms with Gasteiger partial charge in [-0.1, -0.05) is 20.8 Å². The Morgan fingerprint density at radius 3 is 2.23 bits per heavy atom. The van der Waals surface area contributed by atoms with Crippen molar-refractivity contribution in [2.24, 2.45) is 5.92 Å². The Morgan fingerprint density at radius 2 is 1.64 bits per heavy atom. The van der Waals surface area contributed by atoms with E-state index in [1.54, 1.807) is 13.8 Å². The van der Waals surface area contributed by atoms with Crippen molar-refractivity contribution in [2.75, 3.05) is 59.2 Å². The Balaban J connectivity index is 3.23. The van der Waals surface area contributed by atoms with E-state index in [1.807, 2.05) is 0 Å². The third-order valence-electron chi connectivity index (χ3n) is 2.84. The summed E-state index contributed by atoms with van der Waals surface area (Å²) in [5, 5.41) is 8.87. The number of likely N-dealkylation sites (N-methyl/N-ethyl adjacent to an activating group) is 1. The largest absolute Gasteiger partial charge is 0.379 e. The molecule has 0 heterocycles. The summed E-state index contributed by atoms with van der Waals surface area (Å²) in [5.41, 5.74) is 0. The molecule has 0 aromatic carbocycles. The third kappa shape index (κ3) is 14.2. The summed E-state index contributed by atoms with van der Waals surface area (Å²) in [6.07, 6.45) is -1.17. The van der Waals surface area contributed by atoms with E-state index in [-0.39, 0.29) is 25.0 Å². The fourth-order valence-corrected chi connectivity index (χ4v) is 1.52. The molecule has 0 aliphatic carbocycles. The van der Waals surface area contributed by atoms with Gasteiger partial charge in [-0.25, -0.2) is 4.39 Å². The standard InChI is InChI=1S/C15H32FN3O3/c1-4-17-5-8-21-9-6-18-7-10-22-12-14(16)11-19-15(20)13(2)3/h13-14,17-18H,4-12H2,1-3H3,(H,19,20). The first-order valence-corrected chi connectivity index (χ1v) is 8.06. The number of hydrogen-bond acceptors (Lipinski definition) is 5. The molecule has 0 fully saturated rings. The normalized spacial score (nSPS) is 12.6. The zero-order chi connectivity index (χ0) is 16.6. The van der Waals surface area contributed by atoms with Crippen LogP contribution in [0.15, 0.2) is 0 Å². The van der Waals surface area contributed by atoms with Gasteiger partial charge in [0.1, 0.15) is 6.17 Å². The van der Waals surface area contributed by atoms with Crippen molar-refractivity contribution in [3.8, 4) is 0 Å². The van der Waals surface area contributed by atoms with Gasteiger partial charge in [0.15, 0.2) is 0 Å². The van der Waals surface area contributed by atoms with Gasteiger partial charge in [0.2, 0.25) is 5.91 Å². The summed E-state index contributed by atoms with van der Waals surface area (Å²) in [6, 6.07) is 0. The Hall–Kier alpha value is -0.760. The van der Waals surface area contributed by atoms with E-state index in [4.69, 9.17) is 9.47 Å². The van der Waals surface area contributed by atoms with Gasteiger partial charge in [-0.2, -0.15) is 0 Å². The molecule has 7 heteroatoms. The quantitative estimate of drug-likeness (QED) is 0.379. The van der Waals surface area contributed by atoms with Gasteiger partial charge < -0.3 is 25.4 Å². The molecule has 6 nitrogen and oxygen atoms in total. The van der Waals surface area contributed by atoms with Crippen molar-refractivity contribution >= 4 is 5.91 Å². The summed E-state index contributed by atoms with van der Waals surface area (Å²) in [6.45, 7) is 10.6. The Kier molecular flexibility index (Phi) is 14.6. The van der Waals surface area contributed by atoms with Crippen LogP contribution >= 0.6 is 0 Å². The molecule has 132 valence electrons. The number of amides is 1. The maximum Gasteiger partial charge on any atom is 0.222 e. The van der Waals surface area contributed by atoms with Gasteiger partial charge in [-0.15, -0.1) is 0 Å². The van der Waals surface area contributed by atoms with Crippen molar-refractivity contribution in [1.29, 1.82) is 0 Å². The van der Waals surface area contributed by atoms with E-state index >= 15 is 0 Å². The molecule has 0 rings (SSSR count). The lowest BCUT2D eigenvalue weighted by Crippen LogP contribution is -2.35. The number of nitrogens with one attached hydrogen (secondary N) is 3. The number of hydrogen-bond donors (Lipinski definition) is 3. The minimum atomic E-state index is -1.17. The second-order valence-electron chi connectivity index (χ2n) is 5.29. The molecule has 3 N–H and O–H groups in total. The van der Waals surface area contributed by atoms with Gasteiger partial charge >= 0.3 is 0 Å². The third-order valence-corrected chi connectivity index (χ3v) is 2.84. The van der Waals surface area contributed by atoms with Crippen molar-refractivity contribution < 1.29 is 18.7 Å². The predicted molar refractivity (Wildman–Crippen MR) is 85.8 cm³/mol. The number of alkyl halides is 1. The highest BCUT2D eigenvalue weighted by Crippen LogP contribution is 1.94. The Bertz CT molecular complexity index is 268. The van der Waals surface area contributed by atoms with E-state index in [1.165, 1.54) is 0 Å². The monoisotopic (exact) mass is 321 g/mol. The molecule has 0 saturated heterocycles. The molecular formula is C15H32FN3O3. The molecule has 1 unspecified atom stereocenters. The molecule has 0 aliphatic heterocycles. The summed E-state index contributed by atoms with van der Waals surface area (Å²) in [4.78, 5) is 11.3. The van der Waals surface area contributed by atoms with E-state index in [2.05, 4.69) is 22.9 Å². The molecule has 0 bridgehead atoms. The molecule has 1 atom stereocenters. The van der Waals surface area contributed by atoms with Crippen molar-refractivity contribution in [1.82, 2.24) is 16.0 Å². The second kappa shape index (κ2) is 15.1. The number of rotatable bonds is 15. The van der Waals surface area contributed by atoms with Crippen molar-refractivity contribution in [2.45, 2.75) is 26.9 Å². The molecule has 22 heavy (non-hydrogen) atoms. The summed E-state index contributed by atoms with van der Waals surface area (Å²) >= 11 is 0. The van der Waals surface area contributed by atoms with Crippen LogP contribution in [0.1, 0.15) is 20.8 Å². The number of halogens is 1. The van der Waals surface area contributed by atoms with Crippen LogP contribution in [0.5, 0.6) is 0 Å². The highest BCUT2D eigenvalue weighted by atomic mass is 19.1. The maximum atomic E-state index is 13.4. The van der Waals surface area contributed by atoms with Crippen LogP contribution in [0.2, 0.25) is 0 Å². The maximum absolute atomic E-state index is 13.4. The van der Waals surface area contributed by atoms with Crippen LogP contribution in [0, 0.1) is 5.92 Å². The van der Waals surface area contributed by atoms with E-state index in [0.717, 1.165) is 19.6 Å². The van der Waals surface area contributed by atoms with E-state index < -0.39 is 6.17 Å². The molecule has 0 aromatic rings. The van der Waals surface area contributed by atoms with Crippen molar-refractivity contribution in [3.05, 3.63) is 0 Å². The molecule has 1 amide bonds. The molecule has 0 aromatic heterocycles. The van der Waals surface area contributed by atoms with E-state index in [0.29, 0.717) is 26.4 Å². The zero-order valence-corrected chi connectivity index (χ0v) is 14.1. The van der Waals surface area contributed by atoms with Gasteiger partial charge in [-0.05, 0) is 6.54 Å². The molecular weight excluding hydrogens is 289 g/mol. The van der Waals surface area contributed by atoms with Crippen LogP contribution in [-0.2, 0) is 14.3 Å². The highest BCUT2D eigenvalue weighted by Gasteiger charge is 2.11. The lowest BCUT2D eigenvalue weighted by Gasteiger charge is -2.12. The fourth-order valence-electron chi connectivity index (χ4n) is 1.52. The van der Waals surface area contributed by atoms with Crippen LogP contribution < -0.4 is 16.0 Å². The topological polar surface area (TPSA) is 71.6 Å². The van der Waals surface area contributed by atoms with Crippen molar-refractivity contribution in [3.63, 3.8) is 0 Å². The number of carbonyl (C=O) groups excluding carboxylic acids is 1. The lowest BCUT2D eigenvalue weighted by molar-refractivity contribution is -0.124. The Morgan fingerprint density at radius 1 is 1.05 bits per heavy atom. The number of ether oxygens (including phenoxy) is 2. The Labute approximate surface area is 133 Å². The van der Waals surface area contributed by atoms with Crippen LogP contribution in [0.25, 0.3) is 0 Å². The SMILES string of the molecule is CCNCCOCCNCCOCC(F)CNC(=O)C(C)C. The van der Waals surface area contributed by atoms with Gasteiger partial charge in [-0.3, -0.25) is 4.79 Å². The van der Waals surface area contributed by atoms with Gasteiger partial charge in [0.25, 0.3) is 0 Å². The molecule has 0 saturated carbocycles. The molecule has 0 aliphatic rings. The van der Waals surface area contributed by atoms with Crippen LogP contribution in [0.4, 0.5) is 4.39 Å². The van der Waals surface area contributed by atoms with E-state index in [9.17, 15) is 9.18 Å². The average Bonchev–Trinajstić information content (AvgIpc) is 2.50. The summed E-state index contributed by atoms with van der Waals surface area (Å²) in [5.74, 6) is -0.268.